The van der Waals surface area contributed by atoms with Gasteiger partial charge in [-0.25, -0.2) is 9.18 Å². The predicted octanol–water partition coefficient (Wildman–Crippen LogP) is 2.73. The van der Waals surface area contributed by atoms with E-state index in [1.54, 1.807) is 12.1 Å². The first-order valence-electron chi connectivity index (χ1n) is 8.05. The van der Waals surface area contributed by atoms with Crippen LogP contribution in [0.25, 0.3) is 0 Å². The second-order valence-electron chi connectivity index (χ2n) is 6.07. The van der Waals surface area contributed by atoms with E-state index in [2.05, 4.69) is 11.9 Å². The third kappa shape index (κ3) is 5.56. The van der Waals surface area contributed by atoms with Gasteiger partial charge in [-0.15, -0.1) is 0 Å². The molecule has 1 saturated carbocycles. The molecule has 1 amide bonds. The Kier molecular flexibility index (Phi) is 6.52. The van der Waals surface area contributed by atoms with Gasteiger partial charge in [-0.1, -0.05) is 24.8 Å². The standard InChI is InChI=1S/C18H22FNO5/c1-3-8-24-18(23)20-16-14(15(16)17(21)22)9-11(2)25-10-12-4-6-13(19)7-5-12/h3-7,11,14-16H,1,8-10H2,2H3,(H,20,23)(H,21,22). The lowest BCUT2D eigenvalue weighted by Gasteiger charge is -2.13. The van der Waals surface area contributed by atoms with Crippen molar-refractivity contribution in [3.8, 4) is 0 Å². The molecule has 0 heterocycles. The number of ether oxygens (including phenoxy) is 2. The Bertz CT molecular complexity index is 618. The molecule has 0 bridgehead atoms. The van der Waals surface area contributed by atoms with Crippen LogP contribution in [-0.2, 0) is 20.9 Å². The second kappa shape index (κ2) is 8.62. The van der Waals surface area contributed by atoms with Gasteiger partial charge in [0.2, 0.25) is 0 Å². The van der Waals surface area contributed by atoms with E-state index in [0.717, 1.165) is 5.56 Å². The first-order chi connectivity index (χ1) is 11.9. The van der Waals surface area contributed by atoms with Crippen molar-refractivity contribution in [1.82, 2.24) is 5.32 Å². The fourth-order valence-corrected chi connectivity index (χ4v) is 2.78. The maximum Gasteiger partial charge on any atom is 0.407 e. The topological polar surface area (TPSA) is 84.9 Å². The van der Waals surface area contributed by atoms with Crippen LogP contribution in [-0.4, -0.2) is 35.9 Å². The predicted molar refractivity (Wildman–Crippen MR) is 88.4 cm³/mol. The van der Waals surface area contributed by atoms with Gasteiger partial charge in [0, 0.05) is 6.04 Å². The number of carbonyl (C=O) groups excluding carboxylic acids is 1. The summed E-state index contributed by atoms with van der Waals surface area (Å²) in [5, 5.41) is 11.8. The summed E-state index contributed by atoms with van der Waals surface area (Å²) >= 11 is 0. The molecule has 0 aliphatic heterocycles. The Morgan fingerprint density at radius 1 is 1.40 bits per heavy atom. The molecule has 6 nitrogen and oxygen atoms in total. The van der Waals surface area contributed by atoms with Crippen LogP contribution in [0.1, 0.15) is 18.9 Å². The number of aliphatic carboxylic acids is 1. The summed E-state index contributed by atoms with van der Waals surface area (Å²) < 4.78 is 23.4. The summed E-state index contributed by atoms with van der Waals surface area (Å²) in [7, 11) is 0. The highest BCUT2D eigenvalue weighted by molar-refractivity contribution is 5.78. The number of rotatable bonds is 9. The molecule has 0 spiro atoms. The number of hydrogen-bond donors (Lipinski definition) is 2. The van der Waals surface area contributed by atoms with E-state index >= 15 is 0 Å². The number of carboxylic acids is 1. The smallest absolute Gasteiger partial charge is 0.407 e. The largest absolute Gasteiger partial charge is 0.481 e. The minimum absolute atomic E-state index is 0.0676. The van der Waals surface area contributed by atoms with Gasteiger partial charge in [0.1, 0.15) is 12.4 Å². The van der Waals surface area contributed by atoms with E-state index < -0.39 is 24.0 Å². The zero-order chi connectivity index (χ0) is 18.4. The van der Waals surface area contributed by atoms with Crippen LogP contribution in [0.5, 0.6) is 0 Å². The SMILES string of the molecule is C=CCOC(=O)NC1C(CC(C)OCc2ccc(F)cc2)C1C(=O)O. The summed E-state index contributed by atoms with van der Waals surface area (Å²) in [5.41, 5.74) is 0.835. The van der Waals surface area contributed by atoms with Gasteiger partial charge in [-0.3, -0.25) is 4.79 Å². The summed E-state index contributed by atoms with van der Waals surface area (Å²) in [6, 6.07) is 5.53. The van der Waals surface area contributed by atoms with Crippen molar-refractivity contribution in [2.75, 3.05) is 6.61 Å². The molecule has 1 aromatic carbocycles. The number of alkyl carbamates (subject to hydrolysis) is 1. The molecule has 0 saturated heterocycles. The molecular formula is C18H22FNO5. The normalized spacial score (nSPS) is 22.7. The fraction of sp³-hybridized carbons (Fsp3) is 0.444. The van der Waals surface area contributed by atoms with E-state index in [-0.39, 0.29) is 24.4 Å². The molecule has 7 heteroatoms. The molecule has 2 rings (SSSR count). The van der Waals surface area contributed by atoms with Gasteiger partial charge in [0.05, 0.1) is 18.6 Å². The fourth-order valence-electron chi connectivity index (χ4n) is 2.78. The van der Waals surface area contributed by atoms with E-state index in [0.29, 0.717) is 13.0 Å². The molecule has 1 aliphatic rings. The van der Waals surface area contributed by atoms with E-state index in [1.165, 1.54) is 18.2 Å². The minimum Gasteiger partial charge on any atom is -0.481 e. The third-order valence-corrected chi connectivity index (χ3v) is 4.12. The maximum absolute atomic E-state index is 12.9. The van der Waals surface area contributed by atoms with Crippen LogP contribution in [0.4, 0.5) is 9.18 Å². The molecule has 1 fully saturated rings. The summed E-state index contributed by atoms with van der Waals surface area (Å²) in [6.45, 7) is 5.66. The molecule has 25 heavy (non-hydrogen) atoms. The Morgan fingerprint density at radius 2 is 2.08 bits per heavy atom. The van der Waals surface area contributed by atoms with Gasteiger partial charge < -0.3 is 19.9 Å². The highest BCUT2D eigenvalue weighted by Gasteiger charge is 2.56. The molecule has 2 N–H and O–H groups in total. The lowest BCUT2D eigenvalue weighted by atomic mass is 10.1. The number of nitrogens with one attached hydrogen (secondary N) is 1. The number of carbonyl (C=O) groups is 2. The minimum atomic E-state index is -0.954. The highest BCUT2D eigenvalue weighted by atomic mass is 19.1. The van der Waals surface area contributed by atoms with Crippen molar-refractivity contribution in [3.63, 3.8) is 0 Å². The summed E-state index contributed by atoms with van der Waals surface area (Å²) in [4.78, 5) is 22.8. The van der Waals surface area contributed by atoms with Gasteiger partial charge in [-0.05, 0) is 37.0 Å². The molecule has 136 valence electrons. The highest BCUT2D eigenvalue weighted by Crippen LogP contribution is 2.43. The van der Waals surface area contributed by atoms with Gasteiger partial charge in [0.15, 0.2) is 0 Å². The second-order valence-corrected chi connectivity index (χ2v) is 6.07. The van der Waals surface area contributed by atoms with Crippen LogP contribution >= 0.6 is 0 Å². The Hall–Kier alpha value is -2.41. The van der Waals surface area contributed by atoms with Crippen LogP contribution in [0.3, 0.4) is 0 Å². The molecule has 4 atom stereocenters. The van der Waals surface area contributed by atoms with Crippen molar-refractivity contribution in [1.29, 1.82) is 0 Å². The van der Waals surface area contributed by atoms with Crippen molar-refractivity contribution in [3.05, 3.63) is 48.3 Å². The first kappa shape index (κ1) is 18.9. The maximum atomic E-state index is 12.9. The Labute approximate surface area is 145 Å². The number of amides is 1. The van der Waals surface area contributed by atoms with Crippen LogP contribution in [0.15, 0.2) is 36.9 Å². The van der Waals surface area contributed by atoms with Gasteiger partial charge in [0.25, 0.3) is 0 Å². The number of hydrogen-bond acceptors (Lipinski definition) is 4. The zero-order valence-electron chi connectivity index (χ0n) is 14.0. The van der Waals surface area contributed by atoms with E-state index in [9.17, 15) is 19.1 Å². The van der Waals surface area contributed by atoms with Crippen molar-refractivity contribution in [2.45, 2.75) is 32.1 Å². The molecule has 1 aromatic rings. The van der Waals surface area contributed by atoms with Crippen LogP contribution in [0.2, 0.25) is 0 Å². The van der Waals surface area contributed by atoms with Gasteiger partial charge in [-0.2, -0.15) is 0 Å². The number of halogens is 1. The molecule has 0 radical (unpaired) electrons. The summed E-state index contributed by atoms with van der Waals surface area (Å²) in [5.74, 6) is -2.12. The Morgan fingerprint density at radius 3 is 2.68 bits per heavy atom. The van der Waals surface area contributed by atoms with Crippen LogP contribution in [0, 0.1) is 17.7 Å². The lowest BCUT2D eigenvalue weighted by molar-refractivity contribution is -0.139. The van der Waals surface area contributed by atoms with E-state index in [1.807, 2.05) is 6.92 Å². The zero-order valence-corrected chi connectivity index (χ0v) is 14.0. The number of carboxylic acid groups (broad SMARTS) is 1. The van der Waals surface area contributed by atoms with Gasteiger partial charge >= 0.3 is 12.1 Å². The average molecular weight is 351 g/mol. The van der Waals surface area contributed by atoms with Crippen LogP contribution < -0.4 is 5.32 Å². The third-order valence-electron chi connectivity index (χ3n) is 4.12. The summed E-state index contributed by atoms with van der Waals surface area (Å²) in [6.07, 6.45) is 1.07. The number of benzene rings is 1. The first-order valence-corrected chi connectivity index (χ1v) is 8.05. The van der Waals surface area contributed by atoms with E-state index in [4.69, 9.17) is 9.47 Å². The van der Waals surface area contributed by atoms with Crippen molar-refractivity contribution in [2.24, 2.45) is 11.8 Å². The molecule has 1 aliphatic carbocycles. The van der Waals surface area contributed by atoms with Crippen molar-refractivity contribution >= 4 is 12.1 Å². The average Bonchev–Trinajstić information content (AvgIpc) is 3.24. The molecule has 0 aromatic heterocycles. The Balaban J connectivity index is 1.80. The molecule has 4 unspecified atom stereocenters. The van der Waals surface area contributed by atoms with Crippen molar-refractivity contribution < 1.29 is 28.6 Å². The monoisotopic (exact) mass is 351 g/mol. The quantitative estimate of drug-likeness (QED) is 0.668. The molecular weight excluding hydrogens is 329 g/mol. The lowest BCUT2D eigenvalue weighted by Crippen LogP contribution is -2.29.